The van der Waals surface area contributed by atoms with Crippen molar-refractivity contribution in [2.45, 2.75) is 44.2 Å². The fourth-order valence-corrected chi connectivity index (χ4v) is 7.57. The Morgan fingerprint density at radius 2 is 1.59 bits per heavy atom. The monoisotopic (exact) mass is 764 g/mol. The summed E-state index contributed by atoms with van der Waals surface area (Å²) in [7, 11) is 1.29. The van der Waals surface area contributed by atoms with Gasteiger partial charge in [-0.25, -0.2) is 13.2 Å². The van der Waals surface area contributed by atoms with E-state index < -0.39 is 57.5 Å². The van der Waals surface area contributed by atoms with Crippen molar-refractivity contribution in [3.05, 3.63) is 86.6 Å². The zero-order valence-corrected chi connectivity index (χ0v) is 31.7. The van der Waals surface area contributed by atoms with Crippen molar-refractivity contribution in [1.29, 1.82) is 0 Å². The zero-order valence-electron chi connectivity index (χ0n) is 30.9. The first kappa shape index (κ1) is 39.5. The molecule has 0 spiro atoms. The number of aromatic nitrogens is 2. The second kappa shape index (κ2) is 16.6. The van der Waals surface area contributed by atoms with E-state index in [0.717, 1.165) is 8.87 Å². The number of aryl methyl sites for hydroxylation is 1. The van der Waals surface area contributed by atoms with Crippen LogP contribution in [-0.2, 0) is 40.3 Å². The number of nitrogens with zero attached hydrogens (tertiary/aromatic N) is 3. The molecule has 0 saturated carbocycles. The average molecular weight is 765 g/mol. The Balaban J connectivity index is 1.51. The number of ether oxygens (including phenoxy) is 3. The van der Waals surface area contributed by atoms with Gasteiger partial charge in [-0.1, -0.05) is 19.9 Å². The lowest BCUT2D eigenvalue weighted by molar-refractivity contribution is -0.130. The minimum Gasteiger partial charge on any atom is -0.496 e. The summed E-state index contributed by atoms with van der Waals surface area (Å²) in [6, 6.07) is 12.6. The number of amides is 3. The Morgan fingerprint density at radius 1 is 0.852 bits per heavy atom. The van der Waals surface area contributed by atoms with Crippen molar-refractivity contribution in [3.8, 4) is 23.0 Å². The smallest absolute Gasteiger partial charge is 0.330 e. The fraction of sp³-hybridized carbons (Fsp3) is 0.378. The van der Waals surface area contributed by atoms with E-state index in [9.17, 15) is 32.4 Å². The number of methoxy groups -OCH3 is 2. The van der Waals surface area contributed by atoms with Crippen LogP contribution in [0.15, 0.2) is 69.1 Å². The molecule has 2 bridgehead atoms. The summed E-state index contributed by atoms with van der Waals surface area (Å²) in [5.41, 5.74) is -0.261. The first-order valence-electron chi connectivity index (χ1n) is 17.2. The highest BCUT2D eigenvalue weighted by Gasteiger charge is 2.31. The van der Waals surface area contributed by atoms with Gasteiger partial charge in [0, 0.05) is 32.7 Å². The summed E-state index contributed by atoms with van der Waals surface area (Å²) >= 11 is 0. The number of benzene rings is 3. The molecular weight excluding hydrogens is 721 g/mol. The number of sulfonamides is 1. The molecule has 1 aromatic heterocycles. The van der Waals surface area contributed by atoms with Crippen LogP contribution in [0.4, 0.5) is 0 Å². The third-order valence-corrected chi connectivity index (χ3v) is 11.0. The van der Waals surface area contributed by atoms with Crippen LogP contribution in [0.1, 0.15) is 42.6 Å². The minimum atomic E-state index is -4.41. The van der Waals surface area contributed by atoms with Crippen LogP contribution in [0.3, 0.4) is 0 Å². The van der Waals surface area contributed by atoms with Gasteiger partial charge in [-0.05, 0) is 67.3 Å². The van der Waals surface area contributed by atoms with Gasteiger partial charge in [-0.15, -0.1) is 0 Å². The molecule has 54 heavy (non-hydrogen) atoms. The maximum Gasteiger partial charge on any atom is 0.330 e. The van der Waals surface area contributed by atoms with Crippen molar-refractivity contribution in [1.82, 2.24) is 29.4 Å². The number of nitrogens with one attached hydrogen (secondary N) is 3. The van der Waals surface area contributed by atoms with E-state index in [2.05, 4.69) is 16.0 Å². The number of carbonyl (C=O) groups is 3. The van der Waals surface area contributed by atoms with Crippen LogP contribution in [-0.4, -0.2) is 79.5 Å². The Labute approximate surface area is 312 Å². The molecule has 2 heterocycles. The van der Waals surface area contributed by atoms with E-state index in [0.29, 0.717) is 29.2 Å². The predicted molar refractivity (Wildman–Crippen MR) is 199 cm³/mol. The van der Waals surface area contributed by atoms with Crippen LogP contribution >= 0.6 is 0 Å². The Bertz CT molecular complexity index is 2320. The molecule has 0 unspecified atom stereocenters. The maximum atomic E-state index is 14.2. The van der Waals surface area contributed by atoms with Crippen molar-refractivity contribution >= 4 is 38.6 Å². The molecule has 288 valence electrons. The van der Waals surface area contributed by atoms with Gasteiger partial charge >= 0.3 is 5.69 Å². The predicted octanol–water partition coefficient (Wildman–Crippen LogP) is 2.02. The van der Waals surface area contributed by atoms with Crippen molar-refractivity contribution in [2.75, 3.05) is 33.9 Å². The van der Waals surface area contributed by atoms with Crippen molar-refractivity contribution in [2.24, 2.45) is 20.0 Å². The molecule has 1 aliphatic heterocycles. The topological polar surface area (TPSA) is 196 Å². The first-order valence-corrected chi connectivity index (χ1v) is 18.7. The molecule has 0 fully saturated rings. The van der Waals surface area contributed by atoms with Gasteiger partial charge < -0.3 is 30.2 Å². The molecule has 16 nitrogen and oxygen atoms in total. The van der Waals surface area contributed by atoms with E-state index in [1.165, 1.54) is 57.1 Å². The molecular formula is C37H44N6O10S. The molecule has 0 radical (unpaired) electrons. The lowest BCUT2D eigenvalue weighted by atomic mass is 10.0. The average Bonchev–Trinajstić information content (AvgIpc) is 3.15. The van der Waals surface area contributed by atoms with E-state index in [-0.39, 0.29) is 53.2 Å². The fourth-order valence-electron chi connectivity index (χ4n) is 6.11. The summed E-state index contributed by atoms with van der Waals surface area (Å²) in [6.07, 6.45) is 0.573. The van der Waals surface area contributed by atoms with Crippen LogP contribution in [0.5, 0.6) is 23.0 Å². The van der Waals surface area contributed by atoms with Gasteiger partial charge in [0.1, 0.15) is 17.5 Å². The van der Waals surface area contributed by atoms with Crippen LogP contribution in [0.25, 0.3) is 10.9 Å². The molecule has 1 atom stereocenters. The number of hydrogen-bond acceptors (Lipinski definition) is 10. The molecule has 0 aliphatic carbocycles. The number of fused-ring (bicyclic) bond motifs is 4. The molecule has 3 N–H and O–H groups in total. The minimum absolute atomic E-state index is 0.00258. The van der Waals surface area contributed by atoms with Crippen LogP contribution in [0.2, 0.25) is 0 Å². The number of carbonyl (C=O) groups excluding carboxylic acids is 3. The van der Waals surface area contributed by atoms with Gasteiger partial charge in [0.25, 0.3) is 11.5 Å². The van der Waals surface area contributed by atoms with Crippen molar-refractivity contribution < 1.29 is 37.0 Å². The normalized spacial score (nSPS) is 16.8. The lowest BCUT2D eigenvalue weighted by Crippen LogP contribution is -2.52. The van der Waals surface area contributed by atoms with E-state index in [1.807, 2.05) is 0 Å². The highest BCUT2D eigenvalue weighted by molar-refractivity contribution is 7.89. The van der Waals surface area contributed by atoms with Crippen LogP contribution in [0, 0.1) is 5.92 Å². The molecule has 1 aliphatic rings. The van der Waals surface area contributed by atoms with Crippen molar-refractivity contribution in [3.63, 3.8) is 0 Å². The molecule has 4 aromatic rings. The third kappa shape index (κ3) is 8.26. The largest absolute Gasteiger partial charge is 0.496 e. The Morgan fingerprint density at radius 3 is 2.30 bits per heavy atom. The van der Waals surface area contributed by atoms with Gasteiger partial charge in [0.05, 0.1) is 48.7 Å². The third-order valence-electron chi connectivity index (χ3n) is 9.18. The molecule has 17 heteroatoms. The summed E-state index contributed by atoms with van der Waals surface area (Å²) in [4.78, 5) is 65.6. The van der Waals surface area contributed by atoms with Gasteiger partial charge in [-0.3, -0.25) is 28.3 Å². The first-order chi connectivity index (χ1) is 25.7. The van der Waals surface area contributed by atoms with Gasteiger partial charge in [0.15, 0.2) is 11.5 Å². The van der Waals surface area contributed by atoms with E-state index >= 15 is 0 Å². The highest BCUT2D eigenvalue weighted by atomic mass is 32.2. The number of rotatable bonds is 5. The quantitative estimate of drug-likeness (QED) is 0.271. The molecule has 3 aromatic carbocycles. The van der Waals surface area contributed by atoms with E-state index in [1.54, 1.807) is 44.2 Å². The summed E-state index contributed by atoms with van der Waals surface area (Å²) in [5, 5.41) is 8.37. The second-order valence-corrected chi connectivity index (χ2v) is 15.0. The summed E-state index contributed by atoms with van der Waals surface area (Å²) < 4.78 is 48.7. The standard InChI is InChI=1S/C37H44N6O10S/c1-22(2)33-35(46)39-20-26-28(51-5)10-9-11-29(26)53-31-18-23(12-15-30(31)52-6)34(45)38-16-7-8-17-43(21-32(44)40-33)54(49,50)24-13-14-27-25(19-24)36(47)42(4)37(48)41(27)3/h9-15,18-19,22,33H,7-8,16-17,20-21H2,1-6H3,(H,38,45)(H,39,46)(H,40,44)/t33-/m1/s1. The van der Waals surface area contributed by atoms with E-state index in [4.69, 9.17) is 14.2 Å². The summed E-state index contributed by atoms with van der Waals surface area (Å²) in [6.45, 7) is 2.81. The number of hydrogen-bond donors (Lipinski definition) is 3. The molecule has 5 rings (SSSR count). The zero-order chi connectivity index (χ0) is 39.3. The van der Waals surface area contributed by atoms with Gasteiger partial charge in [-0.2, -0.15) is 4.31 Å². The summed E-state index contributed by atoms with van der Waals surface area (Å²) in [5.74, 6) is -0.766. The maximum absolute atomic E-state index is 14.2. The highest BCUT2D eigenvalue weighted by Crippen LogP contribution is 2.37. The second-order valence-electron chi connectivity index (χ2n) is 13.1. The SMILES string of the molecule is COc1ccc2cc1Oc1cccc(OC)c1CNC(=O)[C@@H](C(C)C)NC(=O)CN(S(=O)(=O)c1ccc3c(c1)c(=O)n(C)c(=O)n3C)CCCCNC2=O. The molecule has 0 saturated heterocycles. The Kier molecular flexibility index (Phi) is 12.1. The lowest BCUT2D eigenvalue weighted by Gasteiger charge is -2.26. The van der Waals surface area contributed by atoms with Crippen LogP contribution < -0.4 is 41.4 Å². The Hall–Kier alpha value is -5.68. The molecule has 3 amide bonds. The van der Waals surface area contributed by atoms with Gasteiger partial charge in [0.2, 0.25) is 21.8 Å².